The van der Waals surface area contributed by atoms with Gasteiger partial charge in [-0.3, -0.25) is 4.79 Å². The Hall–Kier alpha value is -1.62. The largest absolute Gasteiger partial charge is 0.340 e. The van der Waals surface area contributed by atoms with Crippen molar-refractivity contribution in [1.29, 1.82) is 0 Å². The molecule has 0 saturated carbocycles. The third kappa shape index (κ3) is 4.03. The Kier molecular flexibility index (Phi) is 4.90. The van der Waals surface area contributed by atoms with E-state index in [1.165, 1.54) is 0 Å². The van der Waals surface area contributed by atoms with Gasteiger partial charge in [0, 0.05) is 13.6 Å². The van der Waals surface area contributed by atoms with Crippen molar-refractivity contribution in [2.24, 2.45) is 11.8 Å². The monoisotopic (exact) mass is 236 g/mol. The minimum absolute atomic E-state index is 0.0808. The van der Waals surface area contributed by atoms with Crippen LogP contribution in [0.2, 0.25) is 0 Å². The molecule has 0 radical (unpaired) electrons. The van der Waals surface area contributed by atoms with Crippen LogP contribution in [-0.4, -0.2) is 29.4 Å². The summed E-state index contributed by atoms with van der Waals surface area (Å²) in [6.45, 7) is 5.00. The molecule has 0 unspecified atom stereocenters. The van der Waals surface area contributed by atoms with E-state index in [4.69, 9.17) is 5.84 Å². The molecule has 5 heteroatoms. The number of nitrogens with one attached hydrogen (secondary N) is 1. The molecule has 0 fully saturated rings. The van der Waals surface area contributed by atoms with Crippen molar-refractivity contribution in [3.63, 3.8) is 0 Å². The predicted octanol–water partition coefficient (Wildman–Crippen LogP) is 1.49. The summed E-state index contributed by atoms with van der Waals surface area (Å²) in [7, 11) is 1.79. The van der Waals surface area contributed by atoms with Gasteiger partial charge >= 0.3 is 0 Å². The van der Waals surface area contributed by atoms with E-state index in [9.17, 15) is 4.79 Å². The molecule has 3 N–H and O–H groups in total. The molecule has 1 aromatic heterocycles. The number of nitrogens with zero attached hydrogens (tertiary/aromatic N) is 2. The summed E-state index contributed by atoms with van der Waals surface area (Å²) in [5.74, 6) is 6.25. The summed E-state index contributed by atoms with van der Waals surface area (Å²) in [6, 6.07) is 5.16. The summed E-state index contributed by atoms with van der Waals surface area (Å²) in [4.78, 5) is 17.8. The Morgan fingerprint density at radius 2 is 2.24 bits per heavy atom. The van der Waals surface area contributed by atoms with Gasteiger partial charge in [-0.15, -0.1) is 0 Å². The van der Waals surface area contributed by atoms with E-state index >= 15 is 0 Å². The molecule has 94 valence electrons. The van der Waals surface area contributed by atoms with E-state index in [1.807, 2.05) is 0 Å². The van der Waals surface area contributed by atoms with Gasteiger partial charge in [-0.1, -0.05) is 19.9 Å². The average Bonchev–Trinajstić information content (AvgIpc) is 2.35. The minimum atomic E-state index is -0.0808. The third-order valence-corrected chi connectivity index (χ3v) is 2.50. The summed E-state index contributed by atoms with van der Waals surface area (Å²) in [5, 5.41) is 0. The third-order valence-electron chi connectivity index (χ3n) is 2.50. The maximum absolute atomic E-state index is 12.0. The molecule has 0 aliphatic carbocycles. The first kappa shape index (κ1) is 13.4. The maximum Gasteiger partial charge on any atom is 0.272 e. The number of hydrogen-bond donors (Lipinski definition) is 2. The second-order valence-electron chi connectivity index (χ2n) is 4.46. The highest BCUT2D eigenvalue weighted by molar-refractivity contribution is 5.92. The molecule has 17 heavy (non-hydrogen) atoms. The van der Waals surface area contributed by atoms with Crippen molar-refractivity contribution in [2.75, 3.05) is 19.0 Å². The number of aromatic nitrogens is 1. The van der Waals surface area contributed by atoms with Crippen LogP contribution in [0.5, 0.6) is 0 Å². The van der Waals surface area contributed by atoms with Gasteiger partial charge in [-0.25, -0.2) is 10.8 Å². The van der Waals surface area contributed by atoms with Gasteiger partial charge in [0.05, 0.1) is 0 Å². The molecular weight excluding hydrogens is 216 g/mol. The first-order valence-electron chi connectivity index (χ1n) is 5.73. The fourth-order valence-corrected chi connectivity index (χ4v) is 1.38. The number of nitrogen functional groups attached to an aromatic ring is 1. The number of amides is 1. The predicted molar refractivity (Wildman–Crippen MR) is 68.5 cm³/mol. The Morgan fingerprint density at radius 1 is 1.53 bits per heavy atom. The summed E-state index contributed by atoms with van der Waals surface area (Å²) >= 11 is 0. The van der Waals surface area contributed by atoms with E-state index in [2.05, 4.69) is 24.3 Å². The average molecular weight is 236 g/mol. The Labute approximate surface area is 102 Å². The van der Waals surface area contributed by atoms with Gasteiger partial charge in [-0.05, 0) is 24.5 Å². The lowest BCUT2D eigenvalue weighted by atomic mass is 10.1. The van der Waals surface area contributed by atoms with Crippen LogP contribution in [0.3, 0.4) is 0 Å². The second kappa shape index (κ2) is 6.20. The molecular formula is C12H20N4O. The van der Waals surface area contributed by atoms with Crippen molar-refractivity contribution in [1.82, 2.24) is 9.88 Å². The molecule has 0 bridgehead atoms. The zero-order valence-electron chi connectivity index (χ0n) is 10.6. The number of carbonyl (C=O) groups is 1. The number of rotatable bonds is 5. The Balaban J connectivity index is 2.67. The molecule has 5 nitrogen and oxygen atoms in total. The van der Waals surface area contributed by atoms with Gasteiger partial charge in [0.25, 0.3) is 5.91 Å². The van der Waals surface area contributed by atoms with Gasteiger partial charge in [-0.2, -0.15) is 0 Å². The van der Waals surface area contributed by atoms with Gasteiger partial charge < -0.3 is 10.3 Å². The van der Waals surface area contributed by atoms with E-state index in [1.54, 1.807) is 30.1 Å². The molecule has 0 aliphatic rings. The Morgan fingerprint density at radius 3 is 2.82 bits per heavy atom. The fraction of sp³-hybridized carbons (Fsp3) is 0.500. The van der Waals surface area contributed by atoms with Crippen molar-refractivity contribution in [3.8, 4) is 0 Å². The summed E-state index contributed by atoms with van der Waals surface area (Å²) in [5.41, 5.74) is 2.84. The number of anilines is 1. The maximum atomic E-state index is 12.0. The smallest absolute Gasteiger partial charge is 0.272 e. The number of hydrogen-bond acceptors (Lipinski definition) is 4. The molecule has 0 atom stereocenters. The van der Waals surface area contributed by atoms with Crippen molar-refractivity contribution >= 4 is 11.7 Å². The molecule has 1 heterocycles. The fourth-order valence-electron chi connectivity index (χ4n) is 1.38. The molecule has 0 spiro atoms. The van der Waals surface area contributed by atoms with Crippen LogP contribution < -0.4 is 11.3 Å². The van der Waals surface area contributed by atoms with Gasteiger partial charge in [0.1, 0.15) is 11.5 Å². The number of nitrogens with two attached hydrogens (primary N) is 1. The molecule has 1 aromatic rings. The SMILES string of the molecule is CC(C)CCN(C)C(=O)c1cccc(NN)n1. The van der Waals surface area contributed by atoms with Crippen molar-refractivity contribution in [2.45, 2.75) is 20.3 Å². The first-order valence-corrected chi connectivity index (χ1v) is 5.73. The minimum Gasteiger partial charge on any atom is -0.340 e. The zero-order chi connectivity index (χ0) is 12.8. The normalized spacial score (nSPS) is 10.4. The lowest BCUT2D eigenvalue weighted by Crippen LogP contribution is -2.29. The highest BCUT2D eigenvalue weighted by Crippen LogP contribution is 2.07. The molecule has 0 saturated heterocycles. The quantitative estimate of drug-likeness (QED) is 0.600. The molecule has 1 amide bonds. The number of carbonyl (C=O) groups excluding carboxylic acids is 1. The van der Waals surface area contributed by atoms with E-state index in [0.29, 0.717) is 17.4 Å². The van der Waals surface area contributed by atoms with Crippen molar-refractivity contribution < 1.29 is 4.79 Å². The standard InChI is InChI=1S/C12H20N4O/c1-9(2)7-8-16(3)12(17)10-5-4-6-11(14-10)15-13/h4-6,9H,7-8,13H2,1-3H3,(H,14,15). The van der Waals surface area contributed by atoms with Crippen molar-refractivity contribution in [3.05, 3.63) is 23.9 Å². The highest BCUT2D eigenvalue weighted by Gasteiger charge is 2.13. The molecule has 0 aromatic carbocycles. The number of pyridine rings is 1. The number of hydrazine groups is 1. The molecule has 1 rings (SSSR count). The molecule has 0 aliphatic heterocycles. The lowest BCUT2D eigenvalue weighted by molar-refractivity contribution is 0.0783. The van der Waals surface area contributed by atoms with Crippen LogP contribution in [-0.2, 0) is 0 Å². The first-order chi connectivity index (χ1) is 8.04. The van der Waals surface area contributed by atoms with Crippen LogP contribution in [0.1, 0.15) is 30.8 Å². The van der Waals surface area contributed by atoms with Crippen LogP contribution in [0.25, 0.3) is 0 Å². The van der Waals surface area contributed by atoms with E-state index in [-0.39, 0.29) is 5.91 Å². The van der Waals surface area contributed by atoms with Gasteiger partial charge in [0.15, 0.2) is 0 Å². The zero-order valence-corrected chi connectivity index (χ0v) is 10.6. The van der Waals surface area contributed by atoms with Crippen LogP contribution in [0, 0.1) is 5.92 Å². The second-order valence-corrected chi connectivity index (χ2v) is 4.46. The van der Waals surface area contributed by atoms with E-state index in [0.717, 1.165) is 13.0 Å². The topological polar surface area (TPSA) is 71.2 Å². The summed E-state index contributed by atoms with van der Waals surface area (Å²) in [6.07, 6.45) is 0.983. The Bertz CT molecular complexity index is 379. The van der Waals surface area contributed by atoms with Crippen LogP contribution in [0.4, 0.5) is 5.82 Å². The van der Waals surface area contributed by atoms with Gasteiger partial charge in [0.2, 0.25) is 0 Å². The lowest BCUT2D eigenvalue weighted by Gasteiger charge is -2.18. The van der Waals surface area contributed by atoms with E-state index < -0.39 is 0 Å². The summed E-state index contributed by atoms with van der Waals surface area (Å²) < 4.78 is 0. The highest BCUT2D eigenvalue weighted by atomic mass is 16.2. The van der Waals surface area contributed by atoms with Crippen LogP contribution in [0.15, 0.2) is 18.2 Å². The van der Waals surface area contributed by atoms with Crippen LogP contribution >= 0.6 is 0 Å².